The van der Waals surface area contributed by atoms with E-state index in [1.54, 1.807) is 31.4 Å². The second-order valence-electron chi connectivity index (χ2n) is 4.39. The molecule has 1 amide bonds. The molecule has 0 heterocycles. The number of nitrogens with one attached hydrogen (secondary N) is 1. The van der Waals surface area contributed by atoms with E-state index in [1.165, 1.54) is 0 Å². The molecule has 0 unspecified atom stereocenters. The van der Waals surface area contributed by atoms with Crippen molar-refractivity contribution >= 4 is 17.5 Å². The number of amides is 1. The highest BCUT2D eigenvalue weighted by Gasteiger charge is 2.07. The fourth-order valence-corrected chi connectivity index (χ4v) is 2.12. The van der Waals surface area contributed by atoms with E-state index in [0.717, 1.165) is 11.1 Å². The first-order chi connectivity index (χ1) is 9.70. The van der Waals surface area contributed by atoms with E-state index in [9.17, 15) is 4.79 Å². The maximum Gasteiger partial charge on any atom is 0.251 e. The lowest BCUT2D eigenvalue weighted by molar-refractivity contribution is 0.0950. The third-order valence-corrected chi connectivity index (χ3v) is 3.18. The molecule has 3 nitrogen and oxygen atoms in total. The first kappa shape index (κ1) is 14.6. The maximum atomic E-state index is 12.0. The summed E-state index contributed by atoms with van der Waals surface area (Å²) >= 11 is 5.88. The summed E-state index contributed by atoms with van der Waals surface area (Å²) in [4.78, 5) is 12.0. The van der Waals surface area contributed by atoms with Gasteiger partial charge in [-0.2, -0.15) is 0 Å². The molecule has 0 bridgehead atoms. The van der Waals surface area contributed by atoms with Crippen molar-refractivity contribution < 1.29 is 9.53 Å². The van der Waals surface area contributed by atoms with Gasteiger partial charge in [0.2, 0.25) is 0 Å². The first-order valence-corrected chi connectivity index (χ1v) is 6.68. The molecule has 2 aromatic rings. The Hall–Kier alpha value is -1.84. The van der Waals surface area contributed by atoms with Gasteiger partial charge in [-0.3, -0.25) is 4.79 Å². The minimum Gasteiger partial charge on any atom is -0.380 e. The maximum absolute atomic E-state index is 12.0. The number of carbonyl (C=O) groups excluding carboxylic acids is 1. The van der Waals surface area contributed by atoms with Crippen LogP contribution in [0.3, 0.4) is 0 Å². The van der Waals surface area contributed by atoms with Crippen molar-refractivity contribution in [3.05, 3.63) is 70.2 Å². The van der Waals surface area contributed by atoms with Crippen LogP contribution < -0.4 is 5.32 Å². The van der Waals surface area contributed by atoms with Gasteiger partial charge in [0.1, 0.15) is 0 Å². The second-order valence-corrected chi connectivity index (χ2v) is 4.83. The van der Waals surface area contributed by atoms with Crippen LogP contribution >= 0.6 is 11.6 Å². The molecule has 0 saturated heterocycles. The average molecular weight is 290 g/mol. The third kappa shape index (κ3) is 3.83. The van der Waals surface area contributed by atoms with Gasteiger partial charge in [-0.1, -0.05) is 41.9 Å². The Bertz CT molecular complexity index is 599. The average Bonchev–Trinajstić information content (AvgIpc) is 2.46. The van der Waals surface area contributed by atoms with Gasteiger partial charge >= 0.3 is 0 Å². The van der Waals surface area contributed by atoms with E-state index < -0.39 is 0 Å². The number of carbonyl (C=O) groups is 1. The number of rotatable bonds is 5. The van der Waals surface area contributed by atoms with Crippen molar-refractivity contribution in [1.82, 2.24) is 5.32 Å². The molecule has 0 aliphatic carbocycles. The lowest BCUT2D eigenvalue weighted by atomic mass is 10.1. The molecular weight excluding hydrogens is 274 g/mol. The molecule has 0 fully saturated rings. The zero-order chi connectivity index (χ0) is 14.4. The molecule has 104 valence electrons. The molecule has 1 N–H and O–H groups in total. The predicted octanol–water partition coefficient (Wildman–Crippen LogP) is 3.42. The number of hydrogen-bond donors (Lipinski definition) is 1. The van der Waals surface area contributed by atoms with Crippen LogP contribution in [0, 0.1) is 0 Å². The van der Waals surface area contributed by atoms with E-state index in [-0.39, 0.29) is 5.91 Å². The smallest absolute Gasteiger partial charge is 0.251 e. The lowest BCUT2D eigenvalue weighted by Gasteiger charge is -2.10. The minimum atomic E-state index is -0.139. The monoisotopic (exact) mass is 289 g/mol. The van der Waals surface area contributed by atoms with E-state index in [2.05, 4.69) is 5.32 Å². The molecule has 4 heteroatoms. The zero-order valence-corrected chi connectivity index (χ0v) is 12.0. The summed E-state index contributed by atoms with van der Waals surface area (Å²) in [7, 11) is 1.65. The van der Waals surface area contributed by atoms with Gasteiger partial charge in [-0.25, -0.2) is 0 Å². The molecule has 0 aliphatic rings. The van der Waals surface area contributed by atoms with Gasteiger partial charge in [0, 0.05) is 24.2 Å². The van der Waals surface area contributed by atoms with Gasteiger partial charge in [0.25, 0.3) is 5.91 Å². The Morgan fingerprint density at radius 3 is 2.60 bits per heavy atom. The van der Waals surface area contributed by atoms with E-state index in [0.29, 0.717) is 23.7 Å². The Balaban J connectivity index is 2.03. The van der Waals surface area contributed by atoms with Gasteiger partial charge < -0.3 is 10.1 Å². The van der Waals surface area contributed by atoms with E-state index in [1.807, 2.05) is 24.3 Å². The van der Waals surface area contributed by atoms with Gasteiger partial charge in [0.15, 0.2) is 0 Å². The van der Waals surface area contributed by atoms with Crippen LogP contribution in [-0.2, 0) is 17.9 Å². The van der Waals surface area contributed by atoms with Crippen LogP contribution in [0.5, 0.6) is 0 Å². The van der Waals surface area contributed by atoms with Crippen molar-refractivity contribution in [2.45, 2.75) is 13.2 Å². The van der Waals surface area contributed by atoms with Crippen molar-refractivity contribution in [2.24, 2.45) is 0 Å². The van der Waals surface area contributed by atoms with Crippen LogP contribution in [0.2, 0.25) is 5.02 Å². The summed E-state index contributed by atoms with van der Waals surface area (Å²) in [6.07, 6.45) is 0. The summed E-state index contributed by atoms with van der Waals surface area (Å²) in [5.74, 6) is -0.139. The van der Waals surface area contributed by atoms with Crippen LogP contribution in [0.4, 0.5) is 0 Å². The molecule has 0 saturated carbocycles. The molecule has 2 aromatic carbocycles. The molecular formula is C16H16ClNO2. The van der Waals surface area contributed by atoms with Crippen molar-refractivity contribution in [3.8, 4) is 0 Å². The molecule has 0 spiro atoms. The van der Waals surface area contributed by atoms with Crippen LogP contribution in [0.1, 0.15) is 21.5 Å². The topological polar surface area (TPSA) is 38.3 Å². The standard InChI is InChI=1S/C16H16ClNO2/c1-20-11-14-6-3-2-5-13(14)10-18-16(19)12-7-4-8-15(17)9-12/h2-9H,10-11H2,1H3,(H,18,19). The van der Waals surface area contributed by atoms with Gasteiger partial charge in [0.05, 0.1) is 6.61 Å². The summed E-state index contributed by atoms with van der Waals surface area (Å²) in [6.45, 7) is 0.994. The molecule has 0 atom stereocenters. The molecule has 0 aliphatic heterocycles. The Morgan fingerprint density at radius 1 is 1.15 bits per heavy atom. The van der Waals surface area contributed by atoms with Crippen LogP contribution in [0.25, 0.3) is 0 Å². The second kappa shape index (κ2) is 7.08. The van der Waals surface area contributed by atoms with Gasteiger partial charge in [-0.05, 0) is 29.3 Å². The first-order valence-electron chi connectivity index (χ1n) is 6.30. The van der Waals surface area contributed by atoms with Crippen LogP contribution in [0.15, 0.2) is 48.5 Å². The number of benzene rings is 2. The number of ether oxygens (including phenoxy) is 1. The van der Waals surface area contributed by atoms with E-state index >= 15 is 0 Å². The summed E-state index contributed by atoms with van der Waals surface area (Å²) in [5.41, 5.74) is 2.67. The third-order valence-electron chi connectivity index (χ3n) is 2.94. The molecule has 0 radical (unpaired) electrons. The fourth-order valence-electron chi connectivity index (χ4n) is 1.93. The highest BCUT2D eigenvalue weighted by molar-refractivity contribution is 6.30. The zero-order valence-electron chi connectivity index (χ0n) is 11.2. The molecule has 20 heavy (non-hydrogen) atoms. The van der Waals surface area contributed by atoms with Gasteiger partial charge in [-0.15, -0.1) is 0 Å². The highest BCUT2D eigenvalue weighted by atomic mass is 35.5. The Kier molecular flexibility index (Phi) is 5.16. The Morgan fingerprint density at radius 2 is 1.90 bits per heavy atom. The van der Waals surface area contributed by atoms with Crippen molar-refractivity contribution in [1.29, 1.82) is 0 Å². The largest absolute Gasteiger partial charge is 0.380 e. The van der Waals surface area contributed by atoms with Crippen LogP contribution in [-0.4, -0.2) is 13.0 Å². The van der Waals surface area contributed by atoms with E-state index in [4.69, 9.17) is 16.3 Å². The summed E-state index contributed by atoms with van der Waals surface area (Å²) in [6, 6.07) is 14.8. The number of halogens is 1. The van der Waals surface area contributed by atoms with Crippen molar-refractivity contribution in [3.63, 3.8) is 0 Å². The summed E-state index contributed by atoms with van der Waals surface area (Å²) in [5, 5.41) is 3.44. The molecule has 0 aromatic heterocycles. The van der Waals surface area contributed by atoms with Crippen molar-refractivity contribution in [2.75, 3.05) is 7.11 Å². The number of methoxy groups -OCH3 is 1. The fraction of sp³-hybridized carbons (Fsp3) is 0.188. The molecule has 2 rings (SSSR count). The lowest BCUT2D eigenvalue weighted by Crippen LogP contribution is -2.23. The predicted molar refractivity (Wildman–Crippen MR) is 79.8 cm³/mol. The SMILES string of the molecule is COCc1ccccc1CNC(=O)c1cccc(Cl)c1. The normalized spacial score (nSPS) is 10.3. The quantitative estimate of drug-likeness (QED) is 0.916. The number of hydrogen-bond acceptors (Lipinski definition) is 2. The minimum absolute atomic E-state index is 0.139. The summed E-state index contributed by atoms with van der Waals surface area (Å²) < 4.78 is 5.15. The highest BCUT2D eigenvalue weighted by Crippen LogP contribution is 2.12. The Labute approximate surface area is 123 Å².